The van der Waals surface area contributed by atoms with Crippen LogP contribution >= 0.6 is 23.2 Å². The summed E-state index contributed by atoms with van der Waals surface area (Å²) in [5.74, 6) is 0. The maximum atomic E-state index is 13.2. The van der Waals surface area contributed by atoms with E-state index in [1.165, 1.54) is 16.1 Å². The molecule has 26 heavy (non-hydrogen) atoms. The van der Waals surface area contributed by atoms with Gasteiger partial charge in [0.2, 0.25) is 0 Å². The normalized spacial score (nSPS) is 15.5. The van der Waals surface area contributed by atoms with Crippen LogP contribution in [0.4, 0.5) is 5.69 Å². The van der Waals surface area contributed by atoms with Gasteiger partial charge in [-0.3, -0.25) is 0 Å². The fraction of sp³-hybridized carbons (Fsp3) is 0.222. The smallest absolute Gasteiger partial charge is 0.269 e. The van der Waals surface area contributed by atoms with Crippen LogP contribution in [0.5, 0.6) is 0 Å². The first-order valence-electron chi connectivity index (χ1n) is 8.25. The van der Waals surface area contributed by atoms with Crippen molar-refractivity contribution < 1.29 is 8.42 Å². The van der Waals surface area contributed by atoms with Gasteiger partial charge in [0.15, 0.2) is 0 Å². The molecule has 136 valence electrons. The van der Waals surface area contributed by atoms with Crippen molar-refractivity contribution in [2.75, 3.05) is 31.1 Å². The molecule has 3 aromatic rings. The van der Waals surface area contributed by atoms with E-state index in [4.69, 9.17) is 23.2 Å². The van der Waals surface area contributed by atoms with Crippen molar-refractivity contribution in [1.29, 1.82) is 0 Å². The van der Waals surface area contributed by atoms with Crippen molar-refractivity contribution in [3.05, 3.63) is 58.7 Å². The molecule has 8 heteroatoms. The molecule has 0 radical (unpaired) electrons. The number of halogens is 2. The van der Waals surface area contributed by atoms with E-state index >= 15 is 0 Å². The van der Waals surface area contributed by atoms with E-state index in [1.54, 1.807) is 18.3 Å². The minimum absolute atomic E-state index is 0.00302. The van der Waals surface area contributed by atoms with Crippen LogP contribution in [0.3, 0.4) is 0 Å². The minimum Gasteiger partial charge on any atom is -0.368 e. The predicted molar refractivity (Wildman–Crippen MR) is 106 cm³/mol. The largest absolute Gasteiger partial charge is 0.368 e. The number of fused-ring (bicyclic) bond motifs is 1. The van der Waals surface area contributed by atoms with Gasteiger partial charge in [-0.25, -0.2) is 12.4 Å². The van der Waals surface area contributed by atoms with Crippen LogP contribution < -0.4 is 10.2 Å². The molecule has 1 fully saturated rings. The van der Waals surface area contributed by atoms with Crippen LogP contribution in [0, 0.1) is 0 Å². The van der Waals surface area contributed by atoms with E-state index in [2.05, 4.69) is 10.2 Å². The number of rotatable bonds is 3. The third-order valence-corrected chi connectivity index (χ3v) is 6.97. The summed E-state index contributed by atoms with van der Waals surface area (Å²) >= 11 is 12.1. The molecule has 2 aromatic carbocycles. The summed E-state index contributed by atoms with van der Waals surface area (Å²) in [7, 11) is -3.85. The van der Waals surface area contributed by atoms with E-state index in [-0.39, 0.29) is 9.92 Å². The molecule has 5 nitrogen and oxygen atoms in total. The van der Waals surface area contributed by atoms with E-state index in [0.717, 1.165) is 37.3 Å². The van der Waals surface area contributed by atoms with Gasteiger partial charge in [-0.15, -0.1) is 0 Å². The van der Waals surface area contributed by atoms with Crippen molar-refractivity contribution in [2.45, 2.75) is 4.90 Å². The van der Waals surface area contributed by atoms with Crippen LogP contribution in [0.1, 0.15) is 0 Å². The number of aromatic nitrogens is 1. The summed E-state index contributed by atoms with van der Waals surface area (Å²) in [6, 6.07) is 12.0. The number of hydrogen-bond acceptors (Lipinski definition) is 4. The summed E-state index contributed by atoms with van der Waals surface area (Å²) in [5, 5.41) is 4.70. The van der Waals surface area contributed by atoms with Crippen LogP contribution in [0.25, 0.3) is 10.9 Å². The Hall–Kier alpha value is -1.73. The Morgan fingerprint density at radius 2 is 1.77 bits per heavy atom. The van der Waals surface area contributed by atoms with Gasteiger partial charge in [0.1, 0.15) is 4.90 Å². The highest BCUT2D eigenvalue weighted by Gasteiger charge is 2.24. The van der Waals surface area contributed by atoms with Gasteiger partial charge in [-0.1, -0.05) is 29.3 Å². The Kier molecular flexibility index (Phi) is 4.61. The second-order valence-corrected chi connectivity index (χ2v) is 8.77. The maximum absolute atomic E-state index is 13.2. The lowest BCUT2D eigenvalue weighted by Gasteiger charge is -2.30. The number of nitrogens with zero attached hydrogens (tertiary/aromatic N) is 2. The average molecular weight is 410 g/mol. The highest BCUT2D eigenvalue weighted by atomic mass is 35.5. The van der Waals surface area contributed by atoms with Crippen LogP contribution in [0.15, 0.2) is 53.6 Å². The lowest BCUT2D eigenvalue weighted by molar-refractivity contribution is 0.589. The lowest BCUT2D eigenvalue weighted by Crippen LogP contribution is -2.43. The predicted octanol–water partition coefficient (Wildman–Crippen LogP) is 3.59. The Morgan fingerprint density at radius 1 is 1.00 bits per heavy atom. The van der Waals surface area contributed by atoms with E-state index < -0.39 is 10.0 Å². The molecule has 1 saturated heterocycles. The van der Waals surface area contributed by atoms with Crippen molar-refractivity contribution in [3.8, 4) is 0 Å². The minimum atomic E-state index is -3.85. The first-order valence-corrected chi connectivity index (χ1v) is 10.4. The molecule has 1 aliphatic rings. The first kappa shape index (κ1) is 17.7. The highest BCUT2D eigenvalue weighted by molar-refractivity contribution is 7.90. The van der Waals surface area contributed by atoms with Gasteiger partial charge in [0, 0.05) is 48.5 Å². The quantitative estimate of drug-likeness (QED) is 0.717. The molecule has 1 aromatic heterocycles. The maximum Gasteiger partial charge on any atom is 0.269 e. The molecule has 0 amide bonds. The zero-order valence-electron chi connectivity index (χ0n) is 13.8. The number of hydrogen-bond donors (Lipinski definition) is 1. The number of piperazine rings is 1. The number of benzene rings is 2. The molecular formula is C18H17Cl2N3O2S. The Labute approximate surface area is 162 Å². The number of anilines is 1. The van der Waals surface area contributed by atoms with E-state index in [9.17, 15) is 8.42 Å². The second kappa shape index (κ2) is 6.78. The van der Waals surface area contributed by atoms with Crippen molar-refractivity contribution >= 4 is 49.8 Å². The summed E-state index contributed by atoms with van der Waals surface area (Å²) < 4.78 is 27.6. The summed E-state index contributed by atoms with van der Waals surface area (Å²) in [4.78, 5) is 2.26. The summed E-state index contributed by atoms with van der Waals surface area (Å²) in [6.07, 6.45) is 1.57. The topological polar surface area (TPSA) is 54.3 Å². The molecule has 4 rings (SSSR count). The molecule has 2 heterocycles. The van der Waals surface area contributed by atoms with Gasteiger partial charge in [0.05, 0.1) is 10.5 Å². The molecule has 1 N–H and O–H groups in total. The molecule has 0 spiro atoms. The monoisotopic (exact) mass is 409 g/mol. The molecule has 0 aliphatic carbocycles. The van der Waals surface area contributed by atoms with Gasteiger partial charge in [0.25, 0.3) is 10.0 Å². The van der Waals surface area contributed by atoms with Crippen molar-refractivity contribution in [1.82, 2.24) is 9.29 Å². The lowest BCUT2D eigenvalue weighted by atomic mass is 10.2. The molecular weight excluding hydrogens is 393 g/mol. The third-order valence-electron chi connectivity index (χ3n) is 4.56. The van der Waals surface area contributed by atoms with Gasteiger partial charge in [-0.2, -0.15) is 0 Å². The summed E-state index contributed by atoms with van der Waals surface area (Å²) in [5.41, 5.74) is 1.66. The Bertz CT molecular complexity index is 1070. The fourth-order valence-electron chi connectivity index (χ4n) is 3.30. The van der Waals surface area contributed by atoms with E-state index in [1.807, 2.05) is 18.2 Å². The SMILES string of the molecule is O=S(=O)(c1cc(Cl)ccc1Cl)n1ccc2c(N3CCNCC3)cccc21. The van der Waals surface area contributed by atoms with Gasteiger partial charge >= 0.3 is 0 Å². The Balaban J connectivity index is 1.86. The first-order chi connectivity index (χ1) is 12.5. The summed E-state index contributed by atoms with van der Waals surface area (Å²) in [6.45, 7) is 3.59. The van der Waals surface area contributed by atoms with Gasteiger partial charge < -0.3 is 10.2 Å². The number of nitrogens with one attached hydrogen (secondary N) is 1. The zero-order chi connectivity index (χ0) is 18.3. The van der Waals surface area contributed by atoms with Gasteiger partial charge in [-0.05, 0) is 36.4 Å². The highest BCUT2D eigenvalue weighted by Crippen LogP contribution is 2.33. The molecule has 0 atom stereocenters. The van der Waals surface area contributed by atoms with E-state index in [0.29, 0.717) is 10.5 Å². The standard InChI is InChI=1S/C18H17Cl2N3O2S/c19-13-4-5-15(20)18(12-13)26(24,25)23-9-6-14-16(2-1-3-17(14)23)22-10-7-21-8-11-22/h1-6,9,12,21H,7-8,10-11H2. The molecule has 1 aliphatic heterocycles. The molecule has 0 unspecified atom stereocenters. The van der Waals surface area contributed by atoms with Crippen molar-refractivity contribution in [3.63, 3.8) is 0 Å². The molecule has 0 bridgehead atoms. The van der Waals surface area contributed by atoms with Crippen LogP contribution in [-0.4, -0.2) is 38.6 Å². The van der Waals surface area contributed by atoms with Crippen molar-refractivity contribution in [2.24, 2.45) is 0 Å². The second-order valence-electron chi connectivity index (χ2n) is 6.14. The molecule has 0 saturated carbocycles. The zero-order valence-corrected chi connectivity index (χ0v) is 16.2. The Morgan fingerprint density at radius 3 is 2.54 bits per heavy atom. The van der Waals surface area contributed by atoms with Crippen LogP contribution in [0.2, 0.25) is 10.0 Å². The van der Waals surface area contributed by atoms with Crippen LogP contribution in [-0.2, 0) is 10.0 Å². The fourth-order valence-corrected chi connectivity index (χ4v) is 5.39. The third kappa shape index (κ3) is 2.97. The average Bonchev–Trinajstić information content (AvgIpc) is 3.09.